The van der Waals surface area contributed by atoms with Gasteiger partial charge in [-0.3, -0.25) is 14.3 Å². The maximum absolute atomic E-state index is 12.3. The van der Waals surface area contributed by atoms with E-state index in [9.17, 15) is 24.5 Å². The molecule has 146 valence electrons. The number of pyridine rings is 1. The predicted molar refractivity (Wildman–Crippen MR) is 89.9 cm³/mol. The molecule has 2 saturated heterocycles. The number of nitrogens with zero attached hydrogens (tertiary/aromatic N) is 1. The SMILES string of the molecule is Cc1cc([C@H]2CC(O)[C@@H](COP(=O)(O)N3CCOCC3)O2)c(=O)[nH]c1O. The van der Waals surface area contributed by atoms with Crippen molar-refractivity contribution in [2.45, 2.75) is 31.7 Å². The van der Waals surface area contributed by atoms with E-state index in [1.807, 2.05) is 0 Å². The van der Waals surface area contributed by atoms with E-state index in [1.165, 1.54) is 10.7 Å². The van der Waals surface area contributed by atoms with Crippen molar-refractivity contribution < 1.29 is 33.7 Å². The van der Waals surface area contributed by atoms with Crippen molar-refractivity contribution >= 4 is 7.75 Å². The fourth-order valence-corrected chi connectivity index (χ4v) is 4.20. The van der Waals surface area contributed by atoms with Crippen LogP contribution in [-0.4, -0.2) is 69.9 Å². The van der Waals surface area contributed by atoms with Gasteiger partial charge in [0.05, 0.1) is 32.0 Å². The number of aromatic amines is 1. The second kappa shape index (κ2) is 7.77. The summed E-state index contributed by atoms with van der Waals surface area (Å²) in [6.45, 7) is 2.62. The third-order valence-electron chi connectivity index (χ3n) is 4.56. The molecule has 3 rings (SSSR count). The Morgan fingerprint density at radius 3 is 2.81 bits per heavy atom. The van der Waals surface area contributed by atoms with Crippen LogP contribution in [0.2, 0.25) is 0 Å². The van der Waals surface area contributed by atoms with Gasteiger partial charge in [0.2, 0.25) is 0 Å². The maximum Gasteiger partial charge on any atom is 0.405 e. The summed E-state index contributed by atoms with van der Waals surface area (Å²) in [5.74, 6) is -0.219. The lowest BCUT2D eigenvalue weighted by atomic mass is 10.0. The lowest BCUT2D eigenvalue weighted by Crippen LogP contribution is -2.35. The Morgan fingerprint density at radius 2 is 2.12 bits per heavy atom. The van der Waals surface area contributed by atoms with E-state index in [0.717, 1.165) is 0 Å². The van der Waals surface area contributed by atoms with Gasteiger partial charge in [-0.05, 0) is 13.0 Å². The summed E-state index contributed by atoms with van der Waals surface area (Å²) in [7, 11) is -4.00. The van der Waals surface area contributed by atoms with Crippen LogP contribution in [-0.2, 0) is 18.6 Å². The molecule has 2 aliphatic heterocycles. The first-order valence-corrected chi connectivity index (χ1v) is 9.88. The molecule has 1 aromatic heterocycles. The highest BCUT2D eigenvalue weighted by atomic mass is 31.2. The number of hydrogen-bond donors (Lipinski definition) is 4. The molecule has 4 N–H and O–H groups in total. The Hall–Kier alpha value is -1.26. The molecule has 2 fully saturated rings. The third kappa shape index (κ3) is 4.17. The molecule has 3 heterocycles. The summed E-state index contributed by atoms with van der Waals surface area (Å²) < 4.78 is 29.6. The molecule has 0 bridgehead atoms. The van der Waals surface area contributed by atoms with Crippen molar-refractivity contribution in [3.8, 4) is 5.88 Å². The van der Waals surface area contributed by atoms with Crippen LogP contribution >= 0.6 is 7.75 Å². The van der Waals surface area contributed by atoms with Gasteiger partial charge >= 0.3 is 7.75 Å². The maximum atomic E-state index is 12.3. The average Bonchev–Trinajstić information content (AvgIpc) is 2.98. The predicted octanol–water partition coefficient (Wildman–Crippen LogP) is 0.0290. The van der Waals surface area contributed by atoms with Gasteiger partial charge in [0.1, 0.15) is 6.10 Å². The molecule has 0 radical (unpaired) electrons. The van der Waals surface area contributed by atoms with Gasteiger partial charge in [0, 0.05) is 30.6 Å². The molecule has 0 aromatic carbocycles. The van der Waals surface area contributed by atoms with Gasteiger partial charge in [-0.25, -0.2) is 9.24 Å². The van der Waals surface area contributed by atoms with E-state index in [2.05, 4.69) is 4.98 Å². The quantitative estimate of drug-likeness (QED) is 0.512. The molecule has 4 atom stereocenters. The summed E-state index contributed by atoms with van der Waals surface area (Å²) in [5.41, 5.74) is 0.250. The summed E-state index contributed by atoms with van der Waals surface area (Å²) in [5, 5.41) is 19.7. The van der Waals surface area contributed by atoms with Gasteiger partial charge in [0.25, 0.3) is 5.56 Å². The van der Waals surface area contributed by atoms with E-state index in [-0.39, 0.29) is 37.6 Å². The van der Waals surface area contributed by atoms with E-state index in [1.54, 1.807) is 6.92 Å². The number of aromatic hydroxyl groups is 1. The van der Waals surface area contributed by atoms with E-state index in [0.29, 0.717) is 18.8 Å². The monoisotopic (exact) mass is 390 g/mol. The smallest absolute Gasteiger partial charge is 0.405 e. The van der Waals surface area contributed by atoms with Gasteiger partial charge in [0.15, 0.2) is 5.88 Å². The van der Waals surface area contributed by atoms with E-state index < -0.39 is 31.6 Å². The fourth-order valence-electron chi connectivity index (χ4n) is 3.02. The molecule has 11 heteroatoms. The minimum Gasteiger partial charge on any atom is -0.494 e. The summed E-state index contributed by atoms with van der Waals surface area (Å²) >= 11 is 0. The molecule has 0 spiro atoms. The lowest BCUT2D eigenvalue weighted by molar-refractivity contribution is -0.0238. The summed E-state index contributed by atoms with van der Waals surface area (Å²) in [6.07, 6.45) is -2.33. The molecule has 10 nitrogen and oxygen atoms in total. The van der Waals surface area contributed by atoms with Crippen LogP contribution in [0.3, 0.4) is 0 Å². The number of hydrogen-bond acceptors (Lipinski definition) is 7. The van der Waals surface area contributed by atoms with Crippen LogP contribution in [0.4, 0.5) is 0 Å². The number of nitrogens with one attached hydrogen (secondary N) is 1. The molecule has 1 aromatic rings. The average molecular weight is 390 g/mol. The number of H-pyrrole nitrogens is 1. The van der Waals surface area contributed by atoms with Crippen LogP contribution in [0.25, 0.3) is 0 Å². The number of ether oxygens (including phenoxy) is 2. The number of aromatic nitrogens is 1. The Bertz CT molecular complexity index is 748. The molecule has 0 aliphatic carbocycles. The van der Waals surface area contributed by atoms with Crippen LogP contribution in [0.5, 0.6) is 5.88 Å². The van der Waals surface area contributed by atoms with Crippen LogP contribution < -0.4 is 5.56 Å². The summed E-state index contributed by atoms with van der Waals surface area (Å²) in [4.78, 5) is 24.4. The highest BCUT2D eigenvalue weighted by Gasteiger charge is 2.39. The molecule has 2 aliphatic rings. The Kier molecular flexibility index (Phi) is 5.83. The van der Waals surface area contributed by atoms with Crippen molar-refractivity contribution in [1.29, 1.82) is 0 Å². The number of aliphatic hydroxyl groups is 1. The first kappa shape index (κ1) is 19.5. The highest BCUT2D eigenvalue weighted by molar-refractivity contribution is 7.50. The molecular weight excluding hydrogens is 367 g/mol. The first-order valence-electron chi connectivity index (χ1n) is 8.35. The van der Waals surface area contributed by atoms with Gasteiger partial charge in [-0.15, -0.1) is 0 Å². The Balaban J connectivity index is 1.63. The number of aliphatic hydroxyl groups excluding tert-OH is 1. The lowest BCUT2D eigenvalue weighted by Gasteiger charge is -2.30. The largest absolute Gasteiger partial charge is 0.494 e. The topological polar surface area (TPSA) is 142 Å². The van der Waals surface area contributed by atoms with Crippen LogP contribution in [0.15, 0.2) is 10.9 Å². The van der Waals surface area contributed by atoms with Crippen molar-refractivity contribution in [3.05, 3.63) is 27.5 Å². The highest BCUT2D eigenvalue weighted by Crippen LogP contribution is 2.47. The second-order valence-electron chi connectivity index (χ2n) is 6.40. The molecule has 0 saturated carbocycles. The zero-order chi connectivity index (χ0) is 18.9. The van der Waals surface area contributed by atoms with Crippen molar-refractivity contribution in [2.75, 3.05) is 32.9 Å². The Labute approximate surface area is 149 Å². The van der Waals surface area contributed by atoms with Crippen molar-refractivity contribution in [2.24, 2.45) is 0 Å². The Morgan fingerprint density at radius 1 is 1.42 bits per heavy atom. The minimum atomic E-state index is -4.00. The van der Waals surface area contributed by atoms with Crippen molar-refractivity contribution in [3.63, 3.8) is 0 Å². The van der Waals surface area contributed by atoms with Crippen molar-refractivity contribution in [1.82, 2.24) is 9.65 Å². The van der Waals surface area contributed by atoms with Crippen LogP contribution in [0.1, 0.15) is 23.7 Å². The molecule has 26 heavy (non-hydrogen) atoms. The number of aryl methyl sites for hydroxylation is 1. The zero-order valence-electron chi connectivity index (χ0n) is 14.3. The third-order valence-corrected chi connectivity index (χ3v) is 6.16. The standard InChI is InChI=1S/C15H23N2O8P/c1-9-6-10(15(20)16-14(9)19)12-7-11(18)13(25-12)8-24-26(21,22)17-2-4-23-5-3-17/h6,11-13,18H,2-5,7-8H2,1H3,(H,21,22)(H2,16,19,20)/t11?,12-,13-/m1/s1. The molecule has 2 unspecified atom stereocenters. The minimum absolute atomic E-state index is 0.147. The second-order valence-corrected chi connectivity index (χ2v) is 8.21. The van der Waals surface area contributed by atoms with E-state index >= 15 is 0 Å². The molecule has 0 amide bonds. The number of morpholine rings is 1. The van der Waals surface area contributed by atoms with Gasteiger partial charge in [-0.1, -0.05) is 0 Å². The fraction of sp³-hybridized carbons (Fsp3) is 0.667. The zero-order valence-corrected chi connectivity index (χ0v) is 15.2. The number of rotatable bonds is 5. The first-order chi connectivity index (χ1) is 12.3. The van der Waals surface area contributed by atoms with Crippen LogP contribution in [0, 0.1) is 6.92 Å². The summed E-state index contributed by atoms with van der Waals surface area (Å²) in [6, 6.07) is 1.50. The van der Waals surface area contributed by atoms with Gasteiger partial charge in [-0.2, -0.15) is 0 Å². The molecular formula is C15H23N2O8P. The normalized spacial score (nSPS) is 29.6. The van der Waals surface area contributed by atoms with E-state index in [4.69, 9.17) is 14.0 Å². The van der Waals surface area contributed by atoms with Gasteiger partial charge < -0.3 is 24.6 Å².